The van der Waals surface area contributed by atoms with Crippen LogP contribution in [0.4, 0.5) is 13.2 Å². The molecule has 130 valence electrons. The molecule has 0 unspecified atom stereocenters. The summed E-state index contributed by atoms with van der Waals surface area (Å²) in [6.45, 7) is 2.36. The van der Waals surface area contributed by atoms with Gasteiger partial charge in [-0.1, -0.05) is 30.3 Å². The number of hydrogen-bond acceptors (Lipinski definition) is 3. The Morgan fingerprint density at radius 2 is 1.79 bits per heavy atom. The maximum absolute atomic E-state index is 12.1. The first-order valence-electron chi connectivity index (χ1n) is 7.62. The Balaban J connectivity index is 1.71. The summed E-state index contributed by atoms with van der Waals surface area (Å²) < 4.78 is 46.8. The Labute approximate surface area is 139 Å². The Kier molecular flexibility index (Phi) is 6.49. The number of aryl methyl sites for hydroxylation is 1. The lowest BCUT2D eigenvalue weighted by atomic mass is 10.2. The van der Waals surface area contributed by atoms with Gasteiger partial charge in [-0.05, 0) is 36.2 Å². The van der Waals surface area contributed by atoms with E-state index in [-0.39, 0.29) is 5.75 Å². The number of rotatable bonds is 8. The van der Waals surface area contributed by atoms with E-state index in [0.717, 1.165) is 16.9 Å². The second-order valence-electron chi connectivity index (χ2n) is 5.34. The van der Waals surface area contributed by atoms with Crippen LogP contribution in [0.2, 0.25) is 0 Å². The minimum Gasteiger partial charge on any atom is -0.492 e. The van der Waals surface area contributed by atoms with Gasteiger partial charge in [-0.2, -0.15) is 13.2 Å². The van der Waals surface area contributed by atoms with Gasteiger partial charge in [0.1, 0.15) is 18.1 Å². The van der Waals surface area contributed by atoms with E-state index in [4.69, 9.17) is 9.47 Å². The molecule has 0 bridgehead atoms. The maximum Gasteiger partial charge on any atom is 0.422 e. The van der Waals surface area contributed by atoms with E-state index >= 15 is 0 Å². The molecule has 0 aliphatic carbocycles. The van der Waals surface area contributed by atoms with Crippen LogP contribution in [0.25, 0.3) is 0 Å². The van der Waals surface area contributed by atoms with Crippen LogP contribution < -0.4 is 14.8 Å². The molecule has 1 N–H and O–H groups in total. The predicted octanol–water partition coefficient (Wildman–Crippen LogP) is 4.10. The van der Waals surface area contributed by atoms with Crippen molar-refractivity contribution in [3.8, 4) is 11.5 Å². The molecule has 0 aromatic heterocycles. The molecule has 2 aromatic carbocycles. The smallest absolute Gasteiger partial charge is 0.422 e. The third-order valence-electron chi connectivity index (χ3n) is 3.26. The van der Waals surface area contributed by atoms with Crippen molar-refractivity contribution in [3.05, 3.63) is 59.7 Å². The Morgan fingerprint density at radius 1 is 1.00 bits per heavy atom. The molecular weight excluding hydrogens is 319 g/mol. The highest BCUT2D eigenvalue weighted by molar-refractivity contribution is 5.31. The minimum absolute atomic E-state index is 0.211. The highest BCUT2D eigenvalue weighted by atomic mass is 19.4. The molecule has 6 heteroatoms. The largest absolute Gasteiger partial charge is 0.492 e. The second-order valence-corrected chi connectivity index (χ2v) is 5.34. The normalized spacial score (nSPS) is 11.3. The number of halogens is 3. The van der Waals surface area contributed by atoms with Crippen LogP contribution in [-0.2, 0) is 6.54 Å². The van der Waals surface area contributed by atoms with E-state index < -0.39 is 12.8 Å². The van der Waals surface area contributed by atoms with Gasteiger partial charge in [0.15, 0.2) is 6.61 Å². The summed E-state index contributed by atoms with van der Waals surface area (Å²) in [6.07, 6.45) is -4.33. The first-order valence-corrected chi connectivity index (χ1v) is 7.62. The number of para-hydroxylation sites is 1. The number of benzene rings is 2. The van der Waals surface area contributed by atoms with Gasteiger partial charge >= 0.3 is 6.18 Å². The number of ether oxygens (including phenoxy) is 2. The van der Waals surface area contributed by atoms with Gasteiger partial charge in [-0.3, -0.25) is 0 Å². The van der Waals surface area contributed by atoms with Crippen molar-refractivity contribution in [1.29, 1.82) is 0 Å². The standard InChI is InChI=1S/C18H20F3NO2/c1-14-5-2-3-8-17(14)23-10-9-22-12-15-6-4-7-16(11-15)24-13-18(19,20)21/h2-8,11,22H,9-10,12-13H2,1H3. The van der Waals surface area contributed by atoms with E-state index in [9.17, 15) is 13.2 Å². The van der Waals surface area contributed by atoms with Crippen LogP contribution >= 0.6 is 0 Å². The molecular formula is C18H20F3NO2. The van der Waals surface area contributed by atoms with Crippen LogP contribution in [0.1, 0.15) is 11.1 Å². The minimum atomic E-state index is -4.33. The first kappa shape index (κ1) is 18.1. The number of nitrogens with one attached hydrogen (secondary N) is 1. The Morgan fingerprint density at radius 3 is 2.54 bits per heavy atom. The third kappa shape index (κ3) is 6.50. The van der Waals surface area contributed by atoms with E-state index in [2.05, 4.69) is 5.32 Å². The summed E-state index contributed by atoms with van der Waals surface area (Å²) >= 11 is 0. The molecule has 0 fully saturated rings. The fourth-order valence-electron chi connectivity index (χ4n) is 2.09. The number of alkyl halides is 3. The highest BCUT2D eigenvalue weighted by Gasteiger charge is 2.28. The molecule has 0 atom stereocenters. The van der Waals surface area contributed by atoms with Gasteiger partial charge in [0.25, 0.3) is 0 Å². The van der Waals surface area contributed by atoms with Gasteiger partial charge in [0.05, 0.1) is 0 Å². The monoisotopic (exact) mass is 339 g/mol. The average molecular weight is 339 g/mol. The zero-order valence-electron chi connectivity index (χ0n) is 13.4. The van der Waals surface area contributed by atoms with E-state index in [1.165, 1.54) is 6.07 Å². The van der Waals surface area contributed by atoms with Gasteiger partial charge in [0.2, 0.25) is 0 Å². The fourth-order valence-corrected chi connectivity index (χ4v) is 2.09. The van der Waals surface area contributed by atoms with E-state index in [1.54, 1.807) is 12.1 Å². The second kappa shape index (κ2) is 8.59. The van der Waals surface area contributed by atoms with Crippen molar-refractivity contribution in [2.45, 2.75) is 19.6 Å². The number of hydrogen-bond donors (Lipinski definition) is 1. The fraction of sp³-hybridized carbons (Fsp3) is 0.333. The zero-order chi connectivity index (χ0) is 17.4. The SMILES string of the molecule is Cc1ccccc1OCCNCc1cccc(OCC(F)(F)F)c1. The summed E-state index contributed by atoms with van der Waals surface area (Å²) in [4.78, 5) is 0. The molecule has 0 spiro atoms. The molecule has 2 rings (SSSR count). The van der Waals surface area contributed by atoms with Crippen molar-refractivity contribution in [3.63, 3.8) is 0 Å². The zero-order valence-corrected chi connectivity index (χ0v) is 13.4. The summed E-state index contributed by atoms with van der Waals surface area (Å²) in [7, 11) is 0. The highest BCUT2D eigenvalue weighted by Crippen LogP contribution is 2.19. The van der Waals surface area contributed by atoms with E-state index in [1.807, 2.05) is 37.3 Å². The molecule has 24 heavy (non-hydrogen) atoms. The Hall–Kier alpha value is -2.21. The van der Waals surface area contributed by atoms with Crippen LogP contribution in [0.3, 0.4) is 0 Å². The van der Waals surface area contributed by atoms with Gasteiger partial charge in [0, 0.05) is 13.1 Å². The summed E-state index contributed by atoms with van der Waals surface area (Å²) in [6, 6.07) is 14.4. The van der Waals surface area contributed by atoms with Crippen molar-refractivity contribution in [1.82, 2.24) is 5.32 Å². The third-order valence-corrected chi connectivity index (χ3v) is 3.26. The summed E-state index contributed by atoms with van der Waals surface area (Å²) in [5, 5.41) is 3.19. The molecule has 0 saturated heterocycles. The van der Waals surface area contributed by atoms with Crippen LogP contribution in [-0.4, -0.2) is 25.9 Å². The lowest BCUT2D eigenvalue weighted by molar-refractivity contribution is -0.153. The lowest BCUT2D eigenvalue weighted by Gasteiger charge is -2.11. The van der Waals surface area contributed by atoms with Crippen LogP contribution in [0, 0.1) is 6.92 Å². The molecule has 0 amide bonds. The van der Waals surface area contributed by atoms with Crippen molar-refractivity contribution in [2.24, 2.45) is 0 Å². The average Bonchev–Trinajstić information content (AvgIpc) is 2.54. The van der Waals surface area contributed by atoms with Gasteiger partial charge < -0.3 is 14.8 Å². The molecule has 3 nitrogen and oxygen atoms in total. The topological polar surface area (TPSA) is 30.5 Å². The van der Waals surface area contributed by atoms with Gasteiger partial charge in [-0.15, -0.1) is 0 Å². The van der Waals surface area contributed by atoms with Gasteiger partial charge in [-0.25, -0.2) is 0 Å². The van der Waals surface area contributed by atoms with Crippen molar-refractivity contribution in [2.75, 3.05) is 19.8 Å². The van der Waals surface area contributed by atoms with E-state index in [0.29, 0.717) is 19.7 Å². The van der Waals surface area contributed by atoms with Crippen molar-refractivity contribution < 1.29 is 22.6 Å². The predicted molar refractivity (Wildman–Crippen MR) is 86.4 cm³/mol. The quantitative estimate of drug-likeness (QED) is 0.735. The molecule has 0 heterocycles. The molecule has 0 aliphatic heterocycles. The molecule has 0 saturated carbocycles. The molecule has 0 radical (unpaired) electrons. The maximum atomic E-state index is 12.1. The van der Waals surface area contributed by atoms with Crippen LogP contribution in [0.5, 0.6) is 11.5 Å². The van der Waals surface area contributed by atoms with Crippen LogP contribution in [0.15, 0.2) is 48.5 Å². The summed E-state index contributed by atoms with van der Waals surface area (Å²) in [5.41, 5.74) is 1.93. The Bertz CT molecular complexity index is 644. The lowest BCUT2D eigenvalue weighted by Crippen LogP contribution is -2.21. The molecule has 2 aromatic rings. The molecule has 0 aliphatic rings. The first-order chi connectivity index (χ1) is 11.4. The van der Waals surface area contributed by atoms with Crippen molar-refractivity contribution >= 4 is 0 Å². The summed E-state index contributed by atoms with van der Waals surface area (Å²) in [5.74, 6) is 1.06.